The highest BCUT2D eigenvalue weighted by atomic mass is 19.1. The summed E-state index contributed by atoms with van der Waals surface area (Å²) < 4.78 is 26.1. The molecular formula is C10H11F2NO2. The normalized spacial score (nSPS) is 10.5. The molecule has 1 amide bonds. The monoisotopic (exact) mass is 215 g/mol. The molecule has 0 saturated heterocycles. The van der Waals surface area contributed by atoms with Crippen molar-refractivity contribution in [1.82, 2.24) is 0 Å². The van der Waals surface area contributed by atoms with Crippen molar-refractivity contribution < 1.29 is 18.7 Å². The van der Waals surface area contributed by atoms with Crippen LogP contribution >= 0.6 is 0 Å². The number of carbonyl (C=O) groups is 1. The summed E-state index contributed by atoms with van der Waals surface area (Å²) in [5.74, 6) is -1.43. The van der Waals surface area contributed by atoms with Gasteiger partial charge in [0.2, 0.25) is 0 Å². The Morgan fingerprint density at radius 1 is 1.40 bits per heavy atom. The van der Waals surface area contributed by atoms with Crippen molar-refractivity contribution >= 4 is 11.8 Å². The Balaban J connectivity index is 3.22. The molecule has 3 nitrogen and oxygen atoms in total. The number of hydrogen-bond acceptors (Lipinski definition) is 1. The maximum Gasteiger partial charge on any atom is 0.412 e. The third-order valence-electron chi connectivity index (χ3n) is 1.89. The molecular weight excluding hydrogens is 204 g/mol. The quantitative estimate of drug-likeness (QED) is 0.824. The van der Waals surface area contributed by atoms with Gasteiger partial charge in [-0.3, -0.25) is 4.90 Å². The van der Waals surface area contributed by atoms with E-state index in [0.29, 0.717) is 0 Å². The van der Waals surface area contributed by atoms with Gasteiger partial charge in [-0.2, -0.15) is 0 Å². The standard InChI is InChI=1S/C10H11F2NO2/c1-6(2)13(10(14)15)9-5-7(11)3-4-8(9)12/h3-6H,1-2H3,(H,14,15). The number of nitrogens with zero attached hydrogens (tertiary/aromatic N) is 1. The number of benzene rings is 1. The SMILES string of the molecule is CC(C)N(C(=O)O)c1cc(F)ccc1F. The zero-order valence-electron chi connectivity index (χ0n) is 8.37. The lowest BCUT2D eigenvalue weighted by Crippen LogP contribution is -2.36. The minimum atomic E-state index is -1.31. The highest BCUT2D eigenvalue weighted by Crippen LogP contribution is 2.22. The number of carboxylic acid groups (broad SMARTS) is 1. The van der Waals surface area contributed by atoms with Gasteiger partial charge in [-0.15, -0.1) is 0 Å². The van der Waals surface area contributed by atoms with E-state index in [1.807, 2.05) is 0 Å². The van der Waals surface area contributed by atoms with Crippen molar-refractivity contribution in [3.8, 4) is 0 Å². The predicted octanol–water partition coefficient (Wildman–Crippen LogP) is 2.86. The van der Waals surface area contributed by atoms with Crippen LogP contribution in [0.3, 0.4) is 0 Å². The van der Waals surface area contributed by atoms with Crippen molar-refractivity contribution in [2.75, 3.05) is 4.90 Å². The molecule has 0 aromatic heterocycles. The lowest BCUT2D eigenvalue weighted by Gasteiger charge is -2.23. The van der Waals surface area contributed by atoms with Crippen LogP contribution < -0.4 is 4.90 Å². The van der Waals surface area contributed by atoms with Gasteiger partial charge >= 0.3 is 6.09 Å². The number of anilines is 1. The Bertz CT molecular complexity index is 380. The Kier molecular flexibility index (Phi) is 3.24. The minimum absolute atomic E-state index is 0.266. The van der Waals surface area contributed by atoms with Gasteiger partial charge < -0.3 is 5.11 Å². The van der Waals surface area contributed by atoms with Gasteiger partial charge in [-0.25, -0.2) is 13.6 Å². The maximum atomic E-state index is 13.3. The first-order valence-corrected chi connectivity index (χ1v) is 4.40. The van der Waals surface area contributed by atoms with E-state index in [1.165, 1.54) is 0 Å². The van der Waals surface area contributed by atoms with Gasteiger partial charge in [0.1, 0.15) is 11.6 Å². The molecule has 0 spiro atoms. The molecule has 0 atom stereocenters. The van der Waals surface area contributed by atoms with Crippen LogP contribution in [0.1, 0.15) is 13.8 Å². The molecule has 0 heterocycles. The summed E-state index contributed by atoms with van der Waals surface area (Å²) in [6.07, 6.45) is -1.31. The van der Waals surface area contributed by atoms with Crippen LogP contribution in [0.2, 0.25) is 0 Å². The molecule has 0 fully saturated rings. The van der Waals surface area contributed by atoms with Gasteiger partial charge in [-0.05, 0) is 26.0 Å². The molecule has 1 N–H and O–H groups in total. The molecule has 0 saturated carbocycles. The van der Waals surface area contributed by atoms with Gasteiger partial charge in [0, 0.05) is 12.1 Å². The zero-order chi connectivity index (χ0) is 11.6. The van der Waals surface area contributed by atoms with Gasteiger partial charge in [0.25, 0.3) is 0 Å². The molecule has 0 aliphatic rings. The summed E-state index contributed by atoms with van der Waals surface area (Å²) in [6, 6.07) is 2.25. The summed E-state index contributed by atoms with van der Waals surface area (Å²) >= 11 is 0. The fourth-order valence-corrected chi connectivity index (χ4v) is 1.27. The molecule has 1 aromatic carbocycles. The van der Waals surface area contributed by atoms with Crippen molar-refractivity contribution in [3.63, 3.8) is 0 Å². The minimum Gasteiger partial charge on any atom is -0.465 e. The van der Waals surface area contributed by atoms with Crippen molar-refractivity contribution in [1.29, 1.82) is 0 Å². The van der Waals surface area contributed by atoms with Crippen LogP contribution in [0.25, 0.3) is 0 Å². The van der Waals surface area contributed by atoms with Crippen LogP contribution in [-0.2, 0) is 0 Å². The van der Waals surface area contributed by atoms with E-state index in [9.17, 15) is 13.6 Å². The summed E-state index contributed by atoms with van der Waals surface area (Å²) in [7, 11) is 0. The van der Waals surface area contributed by atoms with Crippen LogP contribution in [0.5, 0.6) is 0 Å². The van der Waals surface area contributed by atoms with Gasteiger partial charge in [0.05, 0.1) is 5.69 Å². The third-order valence-corrected chi connectivity index (χ3v) is 1.89. The first-order valence-electron chi connectivity index (χ1n) is 4.40. The first-order chi connectivity index (χ1) is 6.93. The van der Waals surface area contributed by atoms with Crippen LogP contribution in [-0.4, -0.2) is 17.2 Å². The van der Waals surface area contributed by atoms with E-state index in [-0.39, 0.29) is 5.69 Å². The van der Waals surface area contributed by atoms with E-state index in [2.05, 4.69) is 0 Å². The van der Waals surface area contributed by atoms with Gasteiger partial charge in [0.15, 0.2) is 0 Å². The molecule has 1 aromatic rings. The third kappa shape index (κ3) is 2.43. The average Bonchev–Trinajstić information content (AvgIpc) is 2.10. The predicted molar refractivity (Wildman–Crippen MR) is 52.0 cm³/mol. The molecule has 0 radical (unpaired) electrons. The number of hydrogen-bond donors (Lipinski definition) is 1. The summed E-state index contributed by atoms with van der Waals surface area (Å²) in [6.45, 7) is 3.16. The van der Waals surface area contributed by atoms with Crippen molar-refractivity contribution in [2.45, 2.75) is 19.9 Å². The van der Waals surface area contributed by atoms with Crippen LogP contribution in [0.15, 0.2) is 18.2 Å². The first kappa shape index (κ1) is 11.4. The highest BCUT2D eigenvalue weighted by Gasteiger charge is 2.21. The number of rotatable bonds is 2. The zero-order valence-corrected chi connectivity index (χ0v) is 8.37. The van der Waals surface area contributed by atoms with Crippen molar-refractivity contribution in [3.05, 3.63) is 29.8 Å². The van der Waals surface area contributed by atoms with E-state index in [4.69, 9.17) is 5.11 Å². The molecule has 5 heteroatoms. The Morgan fingerprint density at radius 3 is 2.47 bits per heavy atom. The fourth-order valence-electron chi connectivity index (χ4n) is 1.27. The molecule has 0 aliphatic heterocycles. The second-order valence-electron chi connectivity index (χ2n) is 3.34. The smallest absolute Gasteiger partial charge is 0.412 e. The number of halogens is 2. The Hall–Kier alpha value is -1.65. The second-order valence-corrected chi connectivity index (χ2v) is 3.34. The number of amides is 1. The Morgan fingerprint density at radius 2 is 2.00 bits per heavy atom. The summed E-state index contributed by atoms with van der Waals surface area (Å²) in [5.41, 5.74) is -0.266. The molecule has 0 bridgehead atoms. The maximum absolute atomic E-state index is 13.3. The summed E-state index contributed by atoms with van der Waals surface area (Å²) in [5, 5.41) is 8.85. The van der Waals surface area contributed by atoms with E-state index >= 15 is 0 Å². The average molecular weight is 215 g/mol. The highest BCUT2D eigenvalue weighted by molar-refractivity contribution is 5.86. The van der Waals surface area contributed by atoms with Crippen LogP contribution in [0.4, 0.5) is 19.3 Å². The van der Waals surface area contributed by atoms with Crippen LogP contribution in [0, 0.1) is 11.6 Å². The largest absolute Gasteiger partial charge is 0.465 e. The lowest BCUT2D eigenvalue weighted by molar-refractivity contribution is 0.199. The molecule has 15 heavy (non-hydrogen) atoms. The topological polar surface area (TPSA) is 40.5 Å². The molecule has 0 unspecified atom stereocenters. The van der Waals surface area contributed by atoms with E-state index < -0.39 is 23.8 Å². The van der Waals surface area contributed by atoms with E-state index in [1.54, 1.807) is 13.8 Å². The second kappa shape index (κ2) is 4.25. The molecule has 0 aliphatic carbocycles. The Labute approximate surface area is 85.9 Å². The lowest BCUT2D eigenvalue weighted by atomic mass is 10.2. The fraction of sp³-hybridized carbons (Fsp3) is 0.300. The summed E-state index contributed by atoms with van der Waals surface area (Å²) in [4.78, 5) is 11.6. The molecule has 82 valence electrons. The van der Waals surface area contributed by atoms with Gasteiger partial charge in [-0.1, -0.05) is 0 Å². The van der Waals surface area contributed by atoms with Crippen molar-refractivity contribution in [2.24, 2.45) is 0 Å². The molecule has 1 rings (SSSR count). The van der Waals surface area contributed by atoms with E-state index in [0.717, 1.165) is 23.1 Å².